The van der Waals surface area contributed by atoms with Gasteiger partial charge in [-0.05, 0) is 55.3 Å². The Balaban J connectivity index is 1.76. The fourth-order valence-electron chi connectivity index (χ4n) is 2.18. The smallest absolute Gasteiger partial charge is 0.258 e. The van der Waals surface area contributed by atoms with Crippen LogP contribution in [0.2, 0.25) is 0 Å². The lowest BCUT2D eigenvalue weighted by molar-refractivity contribution is -0.125. The topological polar surface area (TPSA) is 111 Å². The molecule has 4 N–H and O–H groups in total. The van der Waals surface area contributed by atoms with Crippen LogP contribution in [0.15, 0.2) is 42.5 Å². The van der Waals surface area contributed by atoms with Crippen molar-refractivity contribution < 1.29 is 19.1 Å². The van der Waals surface area contributed by atoms with Gasteiger partial charge in [-0.2, -0.15) is 0 Å². The van der Waals surface area contributed by atoms with Gasteiger partial charge >= 0.3 is 0 Å². The number of benzene rings is 2. The highest BCUT2D eigenvalue weighted by molar-refractivity contribution is 5.95. The number of primary amides is 1. The summed E-state index contributed by atoms with van der Waals surface area (Å²) in [6.45, 7) is 3.48. The van der Waals surface area contributed by atoms with Gasteiger partial charge in [-0.25, -0.2) is 0 Å². The normalized spacial score (nSPS) is 10.1. The van der Waals surface area contributed by atoms with E-state index in [4.69, 9.17) is 10.5 Å². The van der Waals surface area contributed by atoms with Crippen LogP contribution in [0, 0.1) is 13.8 Å². The highest BCUT2D eigenvalue weighted by atomic mass is 16.5. The Morgan fingerprint density at radius 3 is 2.35 bits per heavy atom. The van der Waals surface area contributed by atoms with Crippen LogP contribution in [0.25, 0.3) is 0 Å². The molecule has 26 heavy (non-hydrogen) atoms. The molecule has 0 aliphatic carbocycles. The molecule has 7 nitrogen and oxygen atoms in total. The molecule has 0 heterocycles. The first-order chi connectivity index (χ1) is 12.4. The van der Waals surface area contributed by atoms with Crippen molar-refractivity contribution >= 4 is 23.4 Å². The maximum atomic E-state index is 11.9. The molecule has 0 spiro atoms. The number of anilines is 1. The van der Waals surface area contributed by atoms with E-state index in [-0.39, 0.29) is 19.1 Å². The van der Waals surface area contributed by atoms with Crippen molar-refractivity contribution in [1.29, 1.82) is 0 Å². The summed E-state index contributed by atoms with van der Waals surface area (Å²) in [6, 6.07) is 11.7. The molecule has 2 rings (SSSR count). The van der Waals surface area contributed by atoms with E-state index < -0.39 is 11.8 Å². The number of carbonyl (C=O) groups is 3. The first-order valence-corrected chi connectivity index (χ1v) is 8.02. The standard InChI is InChI=1S/C19H21N3O4/c1-12-4-3-5-16(13(12)2)22-17(23)10-21-18(24)11-26-15-8-6-14(7-9-15)19(20)25/h3-9H,10-11H2,1-2H3,(H2,20,25)(H,21,24)(H,22,23). The second-order valence-electron chi connectivity index (χ2n) is 5.75. The zero-order valence-corrected chi connectivity index (χ0v) is 14.7. The van der Waals surface area contributed by atoms with Crippen LogP contribution in [0.5, 0.6) is 5.75 Å². The monoisotopic (exact) mass is 355 g/mol. The third-order valence-electron chi connectivity index (χ3n) is 3.83. The second-order valence-corrected chi connectivity index (χ2v) is 5.75. The molecule has 0 aromatic heterocycles. The quantitative estimate of drug-likeness (QED) is 0.699. The van der Waals surface area contributed by atoms with Crippen molar-refractivity contribution in [2.75, 3.05) is 18.5 Å². The van der Waals surface area contributed by atoms with Crippen molar-refractivity contribution in [2.24, 2.45) is 5.73 Å². The van der Waals surface area contributed by atoms with Crippen LogP contribution in [-0.4, -0.2) is 30.9 Å². The van der Waals surface area contributed by atoms with Crippen LogP contribution in [0.1, 0.15) is 21.5 Å². The largest absolute Gasteiger partial charge is 0.484 e. The second kappa shape index (κ2) is 8.66. The lowest BCUT2D eigenvalue weighted by Crippen LogP contribution is -2.35. The molecular formula is C19H21N3O4. The van der Waals surface area contributed by atoms with E-state index in [2.05, 4.69) is 10.6 Å². The predicted molar refractivity (Wildman–Crippen MR) is 98.0 cm³/mol. The SMILES string of the molecule is Cc1cccc(NC(=O)CNC(=O)COc2ccc(C(N)=O)cc2)c1C. The molecule has 0 fully saturated rings. The Morgan fingerprint density at radius 2 is 1.69 bits per heavy atom. The lowest BCUT2D eigenvalue weighted by Gasteiger charge is -2.11. The van der Waals surface area contributed by atoms with Crippen LogP contribution >= 0.6 is 0 Å². The minimum Gasteiger partial charge on any atom is -0.484 e. The van der Waals surface area contributed by atoms with Gasteiger partial charge in [-0.3, -0.25) is 14.4 Å². The van der Waals surface area contributed by atoms with Crippen molar-refractivity contribution in [1.82, 2.24) is 5.32 Å². The molecule has 0 atom stereocenters. The molecule has 0 unspecified atom stereocenters. The van der Waals surface area contributed by atoms with E-state index in [0.717, 1.165) is 16.8 Å². The maximum Gasteiger partial charge on any atom is 0.258 e. The van der Waals surface area contributed by atoms with Gasteiger partial charge in [0.1, 0.15) is 5.75 Å². The van der Waals surface area contributed by atoms with Crippen LogP contribution < -0.4 is 21.1 Å². The van der Waals surface area contributed by atoms with E-state index in [9.17, 15) is 14.4 Å². The van der Waals surface area contributed by atoms with Gasteiger partial charge in [0, 0.05) is 11.3 Å². The van der Waals surface area contributed by atoms with Gasteiger partial charge in [-0.15, -0.1) is 0 Å². The van der Waals surface area contributed by atoms with E-state index >= 15 is 0 Å². The summed E-state index contributed by atoms with van der Waals surface area (Å²) >= 11 is 0. The van der Waals surface area contributed by atoms with Gasteiger partial charge in [0.05, 0.1) is 6.54 Å². The fraction of sp³-hybridized carbons (Fsp3) is 0.211. The van der Waals surface area contributed by atoms with Gasteiger partial charge < -0.3 is 21.1 Å². The highest BCUT2D eigenvalue weighted by Crippen LogP contribution is 2.17. The summed E-state index contributed by atoms with van der Waals surface area (Å²) in [4.78, 5) is 34.7. The summed E-state index contributed by atoms with van der Waals surface area (Å²) in [5.41, 5.74) is 8.27. The van der Waals surface area contributed by atoms with Crippen LogP contribution in [0.3, 0.4) is 0 Å². The van der Waals surface area contributed by atoms with Gasteiger partial charge in [0.25, 0.3) is 5.91 Å². The molecule has 2 aromatic carbocycles. The summed E-state index contributed by atoms with van der Waals surface area (Å²) in [5, 5.41) is 5.25. The number of carbonyl (C=O) groups excluding carboxylic acids is 3. The van der Waals surface area contributed by atoms with Crippen LogP contribution in [0.4, 0.5) is 5.69 Å². The third-order valence-corrected chi connectivity index (χ3v) is 3.83. The van der Waals surface area contributed by atoms with E-state index in [1.807, 2.05) is 26.0 Å². The zero-order valence-electron chi connectivity index (χ0n) is 14.7. The van der Waals surface area contributed by atoms with Crippen molar-refractivity contribution in [3.63, 3.8) is 0 Å². The number of ether oxygens (including phenoxy) is 1. The Hall–Kier alpha value is -3.35. The number of rotatable bonds is 7. The number of hydrogen-bond acceptors (Lipinski definition) is 4. The molecule has 0 aliphatic heterocycles. The molecule has 3 amide bonds. The Labute approximate surface area is 151 Å². The number of nitrogens with one attached hydrogen (secondary N) is 2. The molecule has 7 heteroatoms. The van der Waals surface area contributed by atoms with Crippen LogP contribution in [-0.2, 0) is 9.59 Å². The lowest BCUT2D eigenvalue weighted by atomic mass is 10.1. The average Bonchev–Trinajstić information content (AvgIpc) is 2.62. The predicted octanol–water partition coefficient (Wildman–Crippen LogP) is 1.54. The molecule has 0 radical (unpaired) electrons. The first-order valence-electron chi connectivity index (χ1n) is 8.02. The minimum absolute atomic E-state index is 0.157. The van der Waals surface area contributed by atoms with Crippen molar-refractivity contribution in [2.45, 2.75) is 13.8 Å². The third kappa shape index (κ3) is 5.34. The van der Waals surface area contributed by atoms with Gasteiger partial charge in [0.15, 0.2) is 6.61 Å². The summed E-state index contributed by atoms with van der Waals surface area (Å²) < 4.78 is 5.29. The molecule has 2 aromatic rings. The minimum atomic E-state index is -0.538. The first kappa shape index (κ1) is 19.0. The van der Waals surface area contributed by atoms with Crippen molar-refractivity contribution in [3.8, 4) is 5.75 Å². The number of hydrogen-bond donors (Lipinski definition) is 3. The molecule has 136 valence electrons. The number of aryl methyl sites for hydroxylation is 1. The number of amides is 3. The highest BCUT2D eigenvalue weighted by Gasteiger charge is 2.09. The fourth-order valence-corrected chi connectivity index (χ4v) is 2.18. The average molecular weight is 355 g/mol. The Kier molecular flexibility index (Phi) is 6.32. The van der Waals surface area contributed by atoms with Crippen molar-refractivity contribution in [3.05, 3.63) is 59.2 Å². The maximum absolute atomic E-state index is 11.9. The van der Waals surface area contributed by atoms with Gasteiger partial charge in [-0.1, -0.05) is 12.1 Å². The number of nitrogens with two attached hydrogens (primary N) is 1. The molecule has 0 saturated carbocycles. The van der Waals surface area contributed by atoms with E-state index in [1.54, 1.807) is 18.2 Å². The summed E-state index contributed by atoms with van der Waals surface area (Å²) in [6.07, 6.45) is 0. The molecule has 0 aliphatic rings. The molecule has 0 bridgehead atoms. The van der Waals surface area contributed by atoms with Gasteiger partial charge in [0.2, 0.25) is 11.8 Å². The Morgan fingerprint density at radius 1 is 1.00 bits per heavy atom. The van der Waals surface area contributed by atoms with E-state index in [0.29, 0.717) is 11.3 Å². The Bertz CT molecular complexity index is 816. The zero-order chi connectivity index (χ0) is 19.1. The molecular weight excluding hydrogens is 334 g/mol. The molecule has 0 saturated heterocycles. The summed E-state index contributed by atoms with van der Waals surface area (Å²) in [7, 11) is 0. The summed E-state index contributed by atoms with van der Waals surface area (Å²) in [5.74, 6) is -0.868. The van der Waals surface area contributed by atoms with E-state index in [1.165, 1.54) is 12.1 Å².